The van der Waals surface area contributed by atoms with Gasteiger partial charge in [-0.1, -0.05) is 25.0 Å². The van der Waals surface area contributed by atoms with Gasteiger partial charge in [-0.05, 0) is 37.0 Å². The molecule has 1 saturated heterocycles. The first-order valence-corrected chi connectivity index (χ1v) is 10.8. The molecule has 1 heterocycles. The highest BCUT2D eigenvalue weighted by Crippen LogP contribution is 2.38. The van der Waals surface area contributed by atoms with Gasteiger partial charge < -0.3 is 4.74 Å². The summed E-state index contributed by atoms with van der Waals surface area (Å²) >= 11 is 0. The fourth-order valence-electron chi connectivity index (χ4n) is 3.96. The van der Waals surface area contributed by atoms with Crippen molar-refractivity contribution >= 4 is 21.8 Å². The molecule has 1 aliphatic carbocycles. The number of imide groups is 1. The number of sulfonamides is 1. The van der Waals surface area contributed by atoms with Crippen LogP contribution in [-0.4, -0.2) is 45.4 Å². The molecule has 2 aliphatic rings. The van der Waals surface area contributed by atoms with Gasteiger partial charge in [-0.15, -0.1) is 0 Å². The molecule has 0 unspecified atom stereocenters. The smallest absolute Gasteiger partial charge is 0.240 e. The molecule has 0 spiro atoms. The topological polar surface area (TPSA) is 92.8 Å². The maximum atomic E-state index is 12.6. The molecule has 1 aliphatic heterocycles. The van der Waals surface area contributed by atoms with Gasteiger partial charge in [0.1, 0.15) is 0 Å². The molecule has 148 valence electrons. The highest BCUT2D eigenvalue weighted by atomic mass is 32.2. The van der Waals surface area contributed by atoms with E-state index in [4.69, 9.17) is 4.74 Å². The molecule has 1 N–H and O–H groups in total. The van der Waals surface area contributed by atoms with E-state index in [2.05, 4.69) is 4.72 Å². The molecular weight excluding hydrogens is 368 g/mol. The number of ether oxygens (including phenoxy) is 1. The lowest BCUT2D eigenvalue weighted by Crippen LogP contribution is -2.31. The predicted octanol–water partition coefficient (Wildman–Crippen LogP) is 1.59. The number of benzene rings is 1. The van der Waals surface area contributed by atoms with Crippen LogP contribution in [0.3, 0.4) is 0 Å². The van der Waals surface area contributed by atoms with E-state index in [-0.39, 0.29) is 48.2 Å². The van der Waals surface area contributed by atoms with Crippen LogP contribution in [0.5, 0.6) is 0 Å². The summed E-state index contributed by atoms with van der Waals surface area (Å²) in [6, 6.07) is 5.03. The molecule has 2 amide bonds. The molecular formula is C19H26N2O5S. The number of methoxy groups -OCH3 is 1. The highest BCUT2D eigenvalue weighted by molar-refractivity contribution is 7.89. The number of rotatable bonds is 7. The van der Waals surface area contributed by atoms with Crippen LogP contribution >= 0.6 is 0 Å². The summed E-state index contributed by atoms with van der Waals surface area (Å²) in [5.74, 6) is -0.632. The van der Waals surface area contributed by atoms with E-state index in [0.29, 0.717) is 11.1 Å². The number of carbonyl (C=O) groups is 2. The highest BCUT2D eigenvalue weighted by Gasteiger charge is 2.47. The van der Waals surface area contributed by atoms with Crippen LogP contribution in [0.4, 0.5) is 0 Å². The number of carbonyl (C=O) groups excluding carboxylic acids is 2. The summed E-state index contributed by atoms with van der Waals surface area (Å²) in [6.07, 6.45) is 3.49. The minimum Gasteiger partial charge on any atom is -0.383 e. The zero-order chi connectivity index (χ0) is 19.6. The number of nitrogens with zero attached hydrogens (tertiary/aromatic N) is 1. The lowest BCUT2D eigenvalue weighted by molar-refractivity contribution is -0.140. The minimum atomic E-state index is -3.69. The lowest BCUT2D eigenvalue weighted by Gasteiger charge is -2.19. The second-order valence-electron chi connectivity index (χ2n) is 7.25. The van der Waals surface area contributed by atoms with Gasteiger partial charge in [0.2, 0.25) is 21.8 Å². The number of nitrogens with one attached hydrogen (secondary N) is 1. The van der Waals surface area contributed by atoms with E-state index in [0.717, 1.165) is 25.7 Å². The van der Waals surface area contributed by atoms with E-state index < -0.39 is 10.0 Å². The summed E-state index contributed by atoms with van der Waals surface area (Å²) in [6.45, 7) is 2.29. The van der Waals surface area contributed by atoms with Crippen LogP contribution in [0, 0.1) is 18.8 Å². The first-order valence-electron chi connectivity index (χ1n) is 9.28. The number of hydrogen-bond acceptors (Lipinski definition) is 5. The second kappa shape index (κ2) is 8.08. The second-order valence-corrected chi connectivity index (χ2v) is 8.99. The normalized spacial score (nSPS) is 23.0. The third-order valence-electron chi connectivity index (χ3n) is 5.41. The molecule has 0 radical (unpaired) electrons. The van der Waals surface area contributed by atoms with Crippen molar-refractivity contribution in [3.63, 3.8) is 0 Å². The van der Waals surface area contributed by atoms with E-state index >= 15 is 0 Å². The number of likely N-dealkylation sites (tertiary alicyclic amines) is 1. The molecule has 7 nitrogen and oxygen atoms in total. The number of fused-ring (bicyclic) bond motifs is 1. The fraction of sp³-hybridized carbons (Fsp3) is 0.579. The van der Waals surface area contributed by atoms with Gasteiger partial charge in [-0.3, -0.25) is 14.5 Å². The third-order valence-corrected chi connectivity index (χ3v) is 7.02. The summed E-state index contributed by atoms with van der Waals surface area (Å²) in [4.78, 5) is 26.7. The molecule has 2 fully saturated rings. The fourth-order valence-corrected chi connectivity index (χ4v) is 5.26. The van der Waals surface area contributed by atoms with E-state index in [1.165, 1.54) is 12.0 Å². The van der Waals surface area contributed by atoms with Gasteiger partial charge in [0.15, 0.2) is 0 Å². The van der Waals surface area contributed by atoms with Crippen LogP contribution in [0.25, 0.3) is 0 Å². The average molecular weight is 394 g/mol. The van der Waals surface area contributed by atoms with Crippen LogP contribution in [0.2, 0.25) is 0 Å². The molecule has 0 aromatic heterocycles. The molecule has 1 aromatic rings. The maximum Gasteiger partial charge on any atom is 0.240 e. The predicted molar refractivity (Wildman–Crippen MR) is 99.2 cm³/mol. The Morgan fingerprint density at radius 1 is 1.15 bits per heavy atom. The van der Waals surface area contributed by atoms with Crippen molar-refractivity contribution in [3.8, 4) is 0 Å². The summed E-state index contributed by atoms with van der Waals surface area (Å²) in [5.41, 5.74) is 1.24. The van der Waals surface area contributed by atoms with Gasteiger partial charge in [-0.2, -0.15) is 0 Å². The summed E-state index contributed by atoms with van der Waals surface area (Å²) < 4.78 is 32.4. The Kier molecular flexibility index (Phi) is 5.98. The molecule has 1 saturated carbocycles. The molecule has 27 heavy (non-hydrogen) atoms. The van der Waals surface area contributed by atoms with E-state index in [9.17, 15) is 18.0 Å². The number of hydrogen-bond donors (Lipinski definition) is 1. The largest absolute Gasteiger partial charge is 0.383 e. The first kappa shape index (κ1) is 20.0. The third kappa shape index (κ3) is 4.07. The number of aryl methyl sites for hydroxylation is 1. The van der Waals surface area contributed by atoms with Crippen LogP contribution < -0.4 is 4.72 Å². The lowest BCUT2D eigenvalue weighted by atomic mass is 9.81. The standard InChI is InChI=1S/C19H26N2O5S/c1-13-7-8-14(11-17(13)27(24,25)20-9-10-26-2)12-21-18(22)15-5-3-4-6-16(15)19(21)23/h7-8,11,15-16,20H,3-6,9-10,12H2,1-2H3/t15-,16-/m1/s1. The SMILES string of the molecule is COCCNS(=O)(=O)c1cc(CN2C(=O)[C@@H]3CCCC[C@H]3C2=O)ccc1C. The molecule has 3 rings (SSSR count). The summed E-state index contributed by atoms with van der Waals surface area (Å²) in [7, 11) is -2.18. The number of amides is 2. The maximum absolute atomic E-state index is 12.6. The first-order chi connectivity index (χ1) is 12.8. The Balaban J connectivity index is 1.80. The van der Waals surface area contributed by atoms with Crippen molar-refractivity contribution < 1.29 is 22.7 Å². The van der Waals surface area contributed by atoms with Crippen molar-refractivity contribution in [1.82, 2.24) is 9.62 Å². The van der Waals surface area contributed by atoms with Gasteiger partial charge >= 0.3 is 0 Å². The summed E-state index contributed by atoms with van der Waals surface area (Å²) in [5, 5.41) is 0. The van der Waals surface area contributed by atoms with Gasteiger partial charge in [0.05, 0.1) is 29.9 Å². The van der Waals surface area contributed by atoms with Crippen molar-refractivity contribution in [2.45, 2.75) is 44.0 Å². The van der Waals surface area contributed by atoms with Crippen molar-refractivity contribution in [2.75, 3.05) is 20.3 Å². The minimum absolute atomic E-state index is 0.117. The van der Waals surface area contributed by atoms with Crippen molar-refractivity contribution in [2.24, 2.45) is 11.8 Å². The van der Waals surface area contributed by atoms with Gasteiger partial charge in [0, 0.05) is 13.7 Å². The van der Waals surface area contributed by atoms with E-state index in [1.54, 1.807) is 25.1 Å². The van der Waals surface area contributed by atoms with Gasteiger partial charge in [0.25, 0.3) is 0 Å². The Bertz CT molecular complexity index is 813. The zero-order valence-corrected chi connectivity index (χ0v) is 16.5. The average Bonchev–Trinajstić information content (AvgIpc) is 2.88. The van der Waals surface area contributed by atoms with E-state index in [1.807, 2.05) is 0 Å². The Hall–Kier alpha value is -1.77. The van der Waals surface area contributed by atoms with Crippen LogP contribution in [0.1, 0.15) is 36.8 Å². The Morgan fingerprint density at radius 2 is 1.78 bits per heavy atom. The van der Waals surface area contributed by atoms with Gasteiger partial charge in [-0.25, -0.2) is 13.1 Å². The quantitative estimate of drug-likeness (QED) is 0.560. The van der Waals surface area contributed by atoms with Crippen LogP contribution in [-0.2, 0) is 30.9 Å². The molecule has 1 aromatic carbocycles. The Morgan fingerprint density at radius 3 is 2.37 bits per heavy atom. The Labute approximate surface area is 160 Å². The molecule has 8 heteroatoms. The molecule has 2 atom stereocenters. The van der Waals surface area contributed by atoms with Crippen molar-refractivity contribution in [3.05, 3.63) is 29.3 Å². The monoisotopic (exact) mass is 394 g/mol. The zero-order valence-electron chi connectivity index (χ0n) is 15.7. The van der Waals surface area contributed by atoms with Crippen LogP contribution in [0.15, 0.2) is 23.1 Å². The van der Waals surface area contributed by atoms with Crippen molar-refractivity contribution in [1.29, 1.82) is 0 Å². The molecule has 0 bridgehead atoms.